The molecule has 0 radical (unpaired) electrons. The first-order valence-corrected chi connectivity index (χ1v) is 8.68. The molecule has 0 aromatic heterocycles. The highest BCUT2D eigenvalue weighted by Crippen LogP contribution is 2.41. The third-order valence-corrected chi connectivity index (χ3v) is 4.95. The van der Waals surface area contributed by atoms with E-state index in [1.54, 1.807) is 0 Å². The van der Waals surface area contributed by atoms with E-state index >= 15 is 0 Å². The lowest BCUT2D eigenvalue weighted by Gasteiger charge is -2.38. The van der Waals surface area contributed by atoms with E-state index in [1.165, 1.54) is 12.8 Å². The number of carbonyl (C=O) groups excluding carboxylic acids is 1. The second kappa shape index (κ2) is 8.77. The molecule has 1 aliphatic rings. The molecular formula is C18H34O3. The first-order valence-electron chi connectivity index (χ1n) is 8.68. The summed E-state index contributed by atoms with van der Waals surface area (Å²) in [6.45, 7) is 9.51. The zero-order valence-corrected chi connectivity index (χ0v) is 14.4. The summed E-state index contributed by atoms with van der Waals surface area (Å²) in [7, 11) is 0. The molecule has 0 aliphatic heterocycles. The topological polar surface area (TPSA) is 46.5 Å². The van der Waals surface area contributed by atoms with Gasteiger partial charge in [0, 0.05) is 6.42 Å². The maximum atomic E-state index is 11.6. The van der Waals surface area contributed by atoms with Crippen LogP contribution in [0.2, 0.25) is 0 Å². The summed E-state index contributed by atoms with van der Waals surface area (Å²) < 4.78 is 5.13. The van der Waals surface area contributed by atoms with Crippen LogP contribution in [0.15, 0.2) is 0 Å². The molecule has 21 heavy (non-hydrogen) atoms. The number of aliphatic hydroxyl groups excluding tert-OH is 1. The molecule has 1 aliphatic carbocycles. The molecule has 1 rings (SSSR count). The van der Waals surface area contributed by atoms with Gasteiger partial charge in [0.25, 0.3) is 0 Å². The molecule has 1 N–H and O–H groups in total. The van der Waals surface area contributed by atoms with Crippen LogP contribution >= 0.6 is 0 Å². The van der Waals surface area contributed by atoms with Gasteiger partial charge in [-0.05, 0) is 55.8 Å². The van der Waals surface area contributed by atoms with Gasteiger partial charge in [-0.2, -0.15) is 0 Å². The summed E-state index contributed by atoms with van der Waals surface area (Å²) in [6.07, 6.45) is 7.10. The maximum absolute atomic E-state index is 11.6. The van der Waals surface area contributed by atoms with Gasteiger partial charge in [0.05, 0.1) is 12.7 Å². The van der Waals surface area contributed by atoms with Crippen molar-refractivity contribution < 1.29 is 14.6 Å². The predicted molar refractivity (Wildman–Crippen MR) is 86.0 cm³/mol. The number of carbonyl (C=O) groups is 1. The van der Waals surface area contributed by atoms with Crippen molar-refractivity contribution in [1.82, 2.24) is 0 Å². The smallest absolute Gasteiger partial charge is 0.305 e. The van der Waals surface area contributed by atoms with Crippen LogP contribution in [0.1, 0.15) is 79.1 Å². The van der Waals surface area contributed by atoms with Gasteiger partial charge in [-0.15, -0.1) is 0 Å². The van der Waals surface area contributed by atoms with E-state index in [4.69, 9.17) is 4.74 Å². The Labute approximate surface area is 130 Å². The van der Waals surface area contributed by atoms with Gasteiger partial charge in [-0.25, -0.2) is 0 Å². The molecule has 0 amide bonds. The fourth-order valence-electron chi connectivity index (χ4n) is 3.27. The van der Waals surface area contributed by atoms with Gasteiger partial charge in [0.15, 0.2) is 0 Å². The molecule has 0 heterocycles. The van der Waals surface area contributed by atoms with Crippen LogP contribution in [0.3, 0.4) is 0 Å². The van der Waals surface area contributed by atoms with Crippen molar-refractivity contribution in [2.75, 3.05) is 6.61 Å². The van der Waals surface area contributed by atoms with E-state index in [0.717, 1.165) is 31.6 Å². The Morgan fingerprint density at radius 1 is 1.24 bits per heavy atom. The van der Waals surface area contributed by atoms with Crippen LogP contribution in [0.4, 0.5) is 0 Å². The molecule has 0 aromatic carbocycles. The van der Waals surface area contributed by atoms with E-state index in [2.05, 4.69) is 27.7 Å². The largest absolute Gasteiger partial charge is 0.466 e. The molecule has 0 aromatic rings. The normalized spacial score (nSPS) is 24.6. The fourth-order valence-corrected chi connectivity index (χ4v) is 3.27. The minimum atomic E-state index is -0.343. The SMILES string of the molecule is CCCCOC(=O)CCC(O)C1CCC(C(C)(C)C)CC1. The quantitative estimate of drug-likeness (QED) is 0.562. The number of unbranched alkanes of at least 4 members (excludes halogenated alkanes) is 1. The third kappa shape index (κ3) is 6.82. The molecule has 0 spiro atoms. The lowest BCUT2D eigenvalue weighted by molar-refractivity contribution is -0.144. The molecule has 1 atom stereocenters. The van der Waals surface area contributed by atoms with Gasteiger partial charge in [-0.3, -0.25) is 4.79 Å². The minimum absolute atomic E-state index is 0.161. The zero-order valence-electron chi connectivity index (χ0n) is 14.4. The summed E-state index contributed by atoms with van der Waals surface area (Å²) in [4.78, 5) is 11.6. The van der Waals surface area contributed by atoms with E-state index in [9.17, 15) is 9.90 Å². The van der Waals surface area contributed by atoms with Crippen molar-refractivity contribution in [2.24, 2.45) is 17.3 Å². The van der Waals surface area contributed by atoms with Crippen LogP contribution in [0.5, 0.6) is 0 Å². The Morgan fingerprint density at radius 3 is 2.38 bits per heavy atom. The molecule has 124 valence electrons. The maximum Gasteiger partial charge on any atom is 0.305 e. The number of hydrogen-bond donors (Lipinski definition) is 1. The van der Waals surface area contributed by atoms with Crippen molar-refractivity contribution in [3.05, 3.63) is 0 Å². The van der Waals surface area contributed by atoms with Crippen LogP contribution in [-0.4, -0.2) is 23.8 Å². The van der Waals surface area contributed by atoms with Crippen molar-refractivity contribution in [2.45, 2.75) is 85.2 Å². The van der Waals surface area contributed by atoms with Crippen LogP contribution in [0, 0.1) is 17.3 Å². The Hall–Kier alpha value is -0.570. The first-order chi connectivity index (χ1) is 9.84. The van der Waals surface area contributed by atoms with E-state index in [-0.39, 0.29) is 12.1 Å². The molecule has 1 fully saturated rings. The van der Waals surface area contributed by atoms with Crippen molar-refractivity contribution >= 4 is 5.97 Å². The summed E-state index contributed by atoms with van der Waals surface area (Å²) in [5, 5.41) is 10.3. The molecule has 0 bridgehead atoms. The van der Waals surface area contributed by atoms with Crippen LogP contribution < -0.4 is 0 Å². The molecule has 1 unspecified atom stereocenters. The van der Waals surface area contributed by atoms with Crippen LogP contribution in [-0.2, 0) is 9.53 Å². The van der Waals surface area contributed by atoms with Crippen molar-refractivity contribution in [3.8, 4) is 0 Å². The molecule has 1 saturated carbocycles. The summed E-state index contributed by atoms with van der Waals surface area (Å²) >= 11 is 0. The van der Waals surface area contributed by atoms with Gasteiger partial charge in [0.2, 0.25) is 0 Å². The molecular weight excluding hydrogens is 264 g/mol. The number of hydrogen-bond acceptors (Lipinski definition) is 3. The highest BCUT2D eigenvalue weighted by Gasteiger charge is 2.32. The summed E-state index contributed by atoms with van der Waals surface area (Å²) in [5.74, 6) is 0.970. The Kier molecular flexibility index (Phi) is 7.72. The molecule has 3 nitrogen and oxygen atoms in total. The average Bonchev–Trinajstić information content (AvgIpc) is 2.44. The fraction of sp³-hybridized carbons (Fsp3) is 0.944. The summed E-state index contributed by atoms with van der Waals surface area (Å²) in [5.41, 5.74) is 0.374. The number of aliphatic hydroxyl groups is 1. The van der Waals surface area contributed by atoms with Gasteiger partial charge < -0.3 is 9.84 Å². The Bertz CT molecular complexity index is 298. The Morgan fingerprint density at radius 2 is 1.86 bits per heavy atom. The third-order valence-electron chi connectivity index (χ3n) is 4.95. The molecule has 0 saturated heterocycles. The average molecular weight is 298 g/mol. The zero-order chi connectivity index (χ0) is 15.9. The number of rotatable bonds is 7. The highest BCUT2D eigenvalue weighted by molar-refractivity contribution is 5.69. The number of esters is 1. The minimum Gasteiger partial charge on any atom is -0.466 e. The second-order valence-electron chi connectivity index (χ2n) is 7.66. The summed E-state index contributed by atoms with van der Waals surface area (Å²) in [6, 6.07) is 0. The van der Waals surface area contributed by atoms with Crippen molar-refractivity contribution in [1.29, 1.82) is 0 Å². The van der Waals surface area contributed by atoms with E-state index in [0.29, 0.717) is 30.8 Å². The van der Waals surface area contributed by atoms with Crippen molar-refractivity contribution in [3.63, 3.8) is 0 Å². The van der Waals surface area contributed by atoms with E-state index in [1.807, 2.05) is 0 Å². The number of ether oxygens (including phenoxy) is 1. The lowest BCUT2D eigenvalue weighted by Crippen LogP contribution is -2.31. The monoisotopic (exact) mass is 298 g/mol. The second-order valence-corrected chi connectivity index (χ2v) is 7.66. The van der Waals surface area contributed by atoms with Crippen LogP contribution in [0.25, 0.3) is 0 Å². The predicted octanol–water partition coefficient (Wildman–Crippen LogP) is 4.32. The first kappa shape index (κ1) is 18.5. The standard InChI is InChI=1S/C18H34O3/c1-5-6-13-21-17(20)12-11-16(19)14-7-9-15(10-8-14)18(2,3)4/h14-16,19H,5-13H2,1-4H3. The Balaban J connectivity index is 2.22. The highest BCUT2D eigenvalue weighted by atomic mass is 16.5. The van der Waals surface area contributed by atoms with Gasteiger partial charge >= 0.3 is 5.97 Å². The molecule has 3 heteroatoms. The van der Waals surface area contributed by atoms with E-state index < -0.39 is 0 Å². The van der Waals surface area contributed by atoms with Gasteiger partial charge in [-0.1, -0.05) is 34.1 Å². The lowest BCUT2D eigenvalue weighted by atomic mass is 9.68. The van der Waals surface area contributed by atoms with Gasteiger partial charge in [0.1, 0.15) is 0 Å².